The molecule has 0 saturated carbocycles. The summed E-state index contributed by atoms with van der Waals surface area (Å²) < 4.78 is 18.6. The van der Waals surface area contributed by atoms with Gasteiger partial charge in [-0.15, -0.1) is 0 Å². The molecule has 0 atom stereocenters. The Bertz CT molecular complexity index is 469. The molecule has 0 aliphatic heterocycles. The van der Waals surface area contributed by atoms with Crippen molar-refractivity contribution in [1.29, 1.82) is 0 Å². The number of phenols is 1. The summed E-state index contributed by atoms with van der Waals surface area (Å²) >= 11 is 0. The van der Waals surface area contributed by atoms with E-state index in [1.807, 2.05) is 30.3 Å². The zero-order valence-electron chi connectivity index (χ0n) is 8.56. The second-order valence-electron chi connectivity index (χ2n) is 3.36. The number of ether oxygens (including phenoxy) is 1. The SMILES string of the molecule is Oc1cccc(OCc2ccccc2)c1F. The van der Waals surface area contributed by atoms with Gasteiger partial charge >= 0.3 is 0 Å². The minimum atomic E-state index is -0.724. The minimum Gasteiger partial charge on any atom is -0.505 e. The number of hydrogen-bond donors (Lipinski definition) is 1. The van der Waals surface area contributed by atoms with E-state index in [9.17, 15) is 4.39 Å². The first-order valence-electron chi connectivity index (χ1n) is 4.91. The molecule has 0 spiro atoms. The molecule has 2 nitrogen and oxygen atoms in total. The first kappa shape index (κ1) is 10.5. The van der Waals surface area contributed by atoms with Crippen LogP contribution in [-0.2, 0) is 6.61 Å². The molecule has 0 fully saturated rings. The predicted molar refractivity (Wildman–Crippen MR) is 58.8 cm³/mol. The van der Waals surface area contributed by atoms with Gasteiger partial charge in [0.2, 0.25) is 5.82 Å². The molecular weight excluding hydrogens is 207 g/mol. The highest BCUT2D eigenvalue weighted by atomic mass is 19.1. The maximum Gasteiger partial charge on any atom is 0.206 e. The second-order valence-corrected chi connectivity index (χ2v) is 3.36. The van der Waals surface area contributed by atoms with Gasteiger partial charge < -0.3 is 9.84 Å². The van der Waals surface area contributed by atoms with Crippen molar-refractivity contribution >= 4 is 0 Å². The third-order valence-corrected chi connectivity index (χ3v) is 2.18. The fourth-order valence-electron chi connectivity index (χ4n) is 1.35. The van der Waals surface area contributed by atoms with Crippen LogP contribution < -0.4 is 4.74 Å². The van der Waals surface area contributed by atoms with E-state index < -0.39 is 11.6 Å². The third-order valence-electron chi connectivity index (χ3n) is 2.18. The fourth-order valence-corrected chi connectivity index (χ4v) is 1.35. The zero-order valence-corrected chi connectivity index (χ0v) is 8.56. The van der Waals surface area contributed by atoms with Gasteiger partial charge in [0.1, 0.15) is 6.61 Å². The molecule has 0 aliphatic rings. The Balaban J connectivity index is 2.08. The van der Waals surface area contributed by atoms with Crippen LogP contribution in [0, 0.1) is 5.82 Å². The van der Waals surface area contributed by atoms with Gasteiger partial charge in [-0.2, -0.15) is 4.39 Å². The molecular formula is C13H11FO2. The molecule has 82 valence electrons. The Morgan fingerprint density at radius 3 is 2.50 bits per heavy atom. The molecule has 1 N–H and O–H groups in total. The molecule has 0 aliphatic carbocycles. The average molecular weight is 218 g/mol. The first-order chi connectivity index (χ1) is 7.77. The maximum absolute atomic E-state index is 13.3. The number of rotatable bonds is 3. The highest BCUT2D eigenvalue weighted by Crippen LogP contribution is 2.25. The van der Waals surface area contributed by atoms with E-state index in [1.165, 1.54) is 12.1 Å². The van der Waals surface area contributed by atoms with Crippen LogP contribution >= 0.6 is 0 Å². The lowest BCUT2D eigenvalue weighted by Gasteiger charge is -2.07. The maximum atomic E-state index is 13.3. The second kappa shape index (κ2) is 4.66. The first-order valence-corrected chi connectivity index (χ1v) is 4.91. The van der Waals surface area contributed by atoms with Gasteiger partial charge in [-0.3, -0.25) is 0 Å². The van der Waals surface area contributed by atoms with Crippen LogP contribution in [0.3, 0.4) is 0 Å². The number of aromatic hydroxyl groups is 1. The van der Waals surface area contributed by atoms with Crippen LogP contribution in [0.5, 0.6) is 11.5 Å². The van der Waals surface area contributed by atoms with Gasteiger partial charge in [-0.25, -0.2) is 0 Å². The van der Waals surface area contributed by atoms with Crippen molar-refractivity contribution < 1.29 is 14.2 Å². The summed E-state index contributed by atoms with van der Waals surface area (Å²) in [7, 11) is 0. The molecule has 3 heteroatoms. The smallest absolute Gasteiger partial charge is 0.206 e. The average Bonchev–Trinajstić information content (AvgIpc) is 2.32. The van der Waals surface area contributed by atoms with Crippen molar-refractivity contribution in [1.82, 2.24) is 0 Å². The molecule has 2 aromatic carbocycles. The highest BCUT2D eigenvalue weighted by molar-refractivity contribution is 5.34. The number of phenolic OH excluding ortho intramolecular Hbond substituents is 1. The highest BCUT2D eigenvalue weighted by Gasteiger charge is 2.07. The third kappa shape index (κ3) is 2.31. The van der Waals surface area contributed by atoms with Gasteiger partial charge in [-0.05, 0) is 17.7 Å². The van der Waals surface area contributed by atoms with Crippen molar-refractivity contribution in [3.63, 3.8) is 0 Å². The lowest BCUT2D eigenvalue weighted by Crippen LogP contribution is -1.97. The summed E-state index contributed by atoms with van der Waals surface area (Å²) in [5, 5.41) is 9.14. The molecule has 2 rings (SSSR count). The summed E-state index contributed by atoms with van der Waals surface area (Å²) in [5.41, 5.74) is 0.949. The number of benzene rings is 2. The monoisotopic (exact) mass is 218 g/mol. The molecule has 0 saturated heterocycles. The van der Waals surface area contributed by atoms with Crippen molar-refractivity contribution in [2.45, 2.75) is 6.61 Å². The largest absolute Gasteiger partial charge is 0.505 e. The van der Waals surface area contributed by atoms with E-state index in [4.69, 9.17) is 9.84 Å². The molecule has 0 unspecified atom stereocenters. The molecule has 0 amide bonds. The standard InChI is InChI=1S/C13H11FO2/c14-13-11(15)7-4-8-12(13)16-9-10-5-2-1-3-6-10/h1-8,15H,9H2. The van der Waals surface area contributed by atoms with Gasteiger partial charge in [0.15, 0.2) is 11.5 Å². The zero-order chi connectivity index (χ0) is 11.4. The minimum absolute atomic E-state index is 0.0591. The van der Waals surface area contributed by atoms with E-state index in [0.29, 0.717) is 0 Å². The lowest BCUT2D eigenvalue weighted by atomic mass is 10.2. The molecule has 0 aromatic heterocycles. The fraction of sp³-hybridized carbons (Fsp3) is 0.0769. The summed E-state index contributed by atoms with van der Waals surface area (Å²) in [5.74, 6) is -1.06. The van der Waals surface area contributed by atoms with E-state index in [2.05, 4.69) is 0 Å². The lowest BCUT2D eigenvalue weighted by molar-refractivity contribution is 0.284. The van der Waals surface area contributed by atoms with Crippen LogP contribution in [0.2, 0.25) is 0 Å². The van der Waals surface area contributed by atoms with Crippen LogP contribution in [0.15, 0.2) is 48.5 Å². The van der Waals surface area contributed by atoms with Crippen molar-refractivity contribution in [3.05, 3.63) is 59.9 Å². The predicted octanol–water partition coefficient (Wildman–Crippen LogP) is 3.11. The van der Waals surface area contributed by atoms with E-state index >= 15 is 0 Å². The summed E-state index contributed by atoms with van der Waals surface area (Å²) in [4.78, 5) is 0. The Labute approximate surface area is 92.9 Å². The Kier molecular flexibility index (Phi) is 3.05. The van der Waals surface area contributed by atoms with Gasteiger partial charge in [-0.1, -0.05) is 36.4 Å². The molecule has 2 aromatic rings. The summed E-state index contributed by atoms with van der Waals surface area (Å²) in [6.45, 7) is 0.279. The van der Waals surface area contributed by atoms with E-state index in [0.717, 1.165) is 5.56 Å². The van der Waals surface area contributed by atoms with Crippen LogP contribution in [0.4, 0.5) is 4.39 Å². The summed E-state index contributed by atoms with van der Waals surface area (Å²) in [6.07, 6.45) is 0. The molecule has 0 heterocycles. The Hall–Kier alpha value is -2.03. The quantitative estimate of drug-likeness (QED) is 0.857. The van der Waals surface area contributed by atoms with Gasteiger partial charge in [0, 0.05) is 0 Å². The van der Waals surface area contributed by atoms with Gasteiger partial charge in [0.05, 0.1) is 0 Å². The van der Waals surface area contributed by atoms with Crippen molar-refractivity contribution in [2.24, 2.45) is 0 Å². The van der Waals surface area contributed by atoms with E-state index in [1.54, 1.807) is 6.07 Å². The van der Waals surface area contributed by atoms with Crippen molar-refractivity contribution in [3.8, 4) is 11.5 Å². The molecule has 16 heavy (non-hydrogen) atoms. The van der Waals surface area contributed by atoms with Crippen LogP contribution in [0.25, 0.3) is 0 Å². The summed E-state index contributed by atoms with van der Waals surface area (Å²) in [6, 6.07) is 13.8. The Morgan fingerprint density at radius 2 is 1.75 bits per heavy atom. The molecule has 0 bridgehead atoms. The van der Waals surface area contributed by atoms with Crippen LogP contribution in [-0.4, -0.2) is 5.11 Å². The number of halogens is 1. The van der Waals surface area contributed by atoms with E-state index in [-0.39, 0.29) is 12.4 Å². The van der Waals surface area contributed by atoms with Crippen molar-refractivity contribution in [2.75, 3.05) is 0 Å². The van der Waals surface area contributed by atoms with Crippen LogP contribution in [0.1, 0.15) is 5.56 Å². The molecule has 0 radical (unpaired) electrons. The number of hydrogen-bond acceptors (Lipinski definition) is 2. The topological polar surface area (TPSA) is 29.5 Å². The normalized spacial score (nSPS) is 10.1. The van der Waals surface area contributed by atoms with Gasteiger partial charge in [0.25, 0.3) is 0 Å². The Morgan fingerprint density at radius 1 is 1.00 bits per heavy atom.